The summed E-state index contributed by atoms with van der Waals surface area (Å²) in [6.07, 6.45) is 9.57. The van der Waals surface area contributed by atoms with Crippen molar-refractivity contribution in [2.24, 2.45) is 50.6 Å². The predicted molar refractivity (Wildman–Crippen MR) is 102 cm³/mol. The molecule has 0 spiro atoms. The van der Waals surface area contributed by atoms with Crippen LogP contribution in [0.2, 0.25) is 0 Å². The van der Waals surface area contributed by atoms with E-state index in [0.717, 1.165) is 12.8 Å². The first kappa shape index (κ1) is 17.8. The van der Waals surface area contributed by atoms with Gasteiger partial charge >= 0.3 is 0 Å². The van der Waals surface area contributed by atoms with E-state index in [1.807, 2.05) is 0 Å². The third kappa shape index (κ3) is 2.54. The van der Waals surface area contributed by atoms with Crippen LogP contribution in [0, 0.1) is 40.4 Å². The third-order valence-electron chi connectivity index (χ3n) is 8.59. The van der Waals surface area contributed by atoms with Gasteiger partial charge in [-0.2, -0.15) is 0 Å². The first-order chi connectivity index (χ1) is 12.5. The molecule has 0 amide bonds. The molecule has 0 heterocycles. The number of hydrogen-bond acceptors (Lipinski definition) is 2. The van der Waals surface area contributed by atoms with Gasteiger partial charge in [0, 0.05) is 22.9 Å². The van der Waals surface area contributed by atoms with Crippen LogP contribution in [0.5, 0.6) is 0 Å². The molecule has 6 nitrogen and oxygen atoms in total. The fourth-order valence-electron chi connectivity index (χ4n) is 7.94. The van der Waals surface area contributed by atoms with Crippen LogP contribution in [0.15, 0.2) is 22.4 Å². The molecule has 0 radical (unpaired) electrons. The highest BCUT2D eigenvalue weighted by Crippen LogP contribution is 2.70. The van der Waals surface area contributed by atoms with Gasteiger partial charge < -0.3 is 0 Å². The molecule has 140 valence electrons. The molecule has 6 heteroatoms. The zero-order valence-electron chi connectivity index (χ0n) is 15.8. The number of hydrogen-bond donors (Lipinski definition) is 0. The summed E-state index contributed by atoms with van der Waals surface area (Å²) in [5, 5.41) is 8.05. The number of nitrogens with zero attached hydrogens (tertiary/aromatic N) is 6. The Morgan fingerprint density at radius 3 is 2.69 bits per heavy atom. The lowest BCUT2D eigenvalue weighted by Crippen LogP contribution is -2.61. The van der Waals surface area contributed by atoms with E-state index >= 15 is 0 Å². The molecule has 4 fully saturated rings. The van der Waals surface area contributed by atoms with Gasteiger partial charge in [0.05, 0.1) is 0 Å². The molecule has 0 aliphatic heterocycles. The molecular formula is C20H30N6. The van der Waals surface area contributed by atoms with Gasteiger partial charge in [-0.15, -0.1) is 0 Å². The normalized spacial score (nSPS) is 46.5. The first-order valence-corrected chi connectivity index (χ1v) is 10.2. The van der Waals surface area contributed by atoms with Crippen molar-refractivity contribution in [3.63, 3.8) is 0 Å². The highest BCUT2D eigenvalue weighted by molar-refractivity contribution is 5.22. The van der Waals surface area contributed by atoms with Crippen LogP contribution in [0.3, 0.4) is 0 Å². The van der Waals surface area contributed by atoms with Crippen molar-refractivity contribution in [3.8, 4) is 0 Å². The maximum absolute atomic E-state index is 8.99. The van der Waals surface area contributed by atoms with E-state index in [1.165, 1.54) is 44.1 Å². The largest absolute Gasteiger partial charge is 0.0995 e. The summed E-state index contributed by atoms with van der Waals surface area (Å²) in [4.78, 5) is 6.16. The topological polar surface area (TPSA) is 97.5 Å². The van der Waals surface area contributed by atoms with Crippen molar-refractivity contribution in [1.29, 1.82) is 0 Å². The maximum Gasteiger partial charge on any atom is 0.0317 e. The lowest BCUT2D eigenvalue weighted by atomic mass is 9.37. The molecule has 4 aliphatic rings. The maximum atomic E-state index is 8.99. The van der Waals surface area contributed by atoms with Crippen molar-refractivity contribution in [3.05, 3.63) is 33.0 Å². The van der Waals surface area contributed by atoms with Crippen LogP contribution in [0.1, 0.15) is 58.3 Å². The molecule has 0 bridgehead atoms. The van der Waals surface area contributed by atoms with Crippen LogP contribution in [0.25, 0.3) is 20.9 Å². The van der Waals surface area contributed by atoms with E-state index in [1.54, 1.807) is 0 Å². The van der Waals surface area contributed by atoms with Gasteiger partial charge in [0.2, 0.25) is 0 Å². The smallest absolute Gasteiger partial charge is 0.0317 e. The van der Waals surface area contributed by atoms with Gasteiger partial charge in [0.1, 0.15) is 0 Å². The van der Waals surface area contributed by atoms with Crippen molar-refractivity contribution >= 4 is 0 Å². The summed E-state index contributed by atoms with van der Waals surface area (Å²) in [5.74, 6) is 3.03. The van der Waals surface area contributed by atoms with Crippen LogP contribution in [0.4, 0.5) is 0 Å². The van der Waals surface area contributed by atoms with Gasteiger partial charge in [-0.25, -0.2) is 0 Å². The summed E-state index contributed by atoms with van der Waals surface area (Å²) >= 11 is 0. The lowest BCUT2D eigenvalue weighted by Gasteiger charge is -2.67. The Morgan fingerprint density at radius 2 is 1.92 bits per heavy atom. The summed E-state index contributed by atoms with van der Waals surface area (Å²) in [6.45, 7) is 8.30. The molecule has 4 aliphatic carbocycles. The second-order valence-corrected chi connectivity index (χ2v) is 9.71. The standard InChI is InChI=1S/C20H30N6/c1-13-10-19(2)7-3-8-20(12-24-26-22)9-6-16-14(11-23-25-21)4-5-15(13)17(16)18(19)20/h14-18H,1,3-12H2,2H3. The summed E-state index contributed by atoms with van der Waals surface area (Å²) in [6, 6.07) is 0. The quantitative estimate of drug-likeness (QED) is 0.241. The average molecular weight is 355 g/mol. The first-order valence-electron chi connectivity index (χ1n) is 10.2. The fourth-order valence-corrected chi connectivity index (χ4v) is 7.94. The van der Waals surface area contributed by atoms with Crippen LogP contribution < -0.4 is 0 Å². The monoisotopic (exact) mass is 354 g/mol. The molecule has 0 aromatic heterocycles. The summed E-state index contributed by atoms with van der Waals surface area (Å²) in [7, 11) is 0. The SMILES string of the molecule is C=C1CC2(C)CCCC3(CN=[N+]=[N-])CCC4C(CN=[N+]=[N-])CCC1C4C23. The second kappa shape index (κ2) is 6.51. The van der Waals surface area contributed by atoms with E-state index in [2.05, 4.69) is 33.6 Å². The molecule has 7 atom stereocenters. The molecule has 0 saturated heterocycles. The van der Waals surface area contributed by atoms with E-state index in [9.17, 15) is 0 Å². The van der Waals surface area contributed by atoms with Gasteiger partial charge in [0.15, 0.2) is 0 Å². The Labute approximate surface area is 155 Å². The molecule has 0 N–H and O–H groups in total. The Morgan fingerprint density at radius 1 is 1.12 bits per heavy atom. The third-order valence-corrected chi connectivity index (χ3v) is 8.59. The van der Waals surface area contributed by atoms with E-state index in [0.29, 0.717) is 48.1 Å². The van der Waals surface area contributed by atoms with Crippen molar-refractivity contribution < 1.29 is 0 Å². The Bertz CT molecular complexity index is 690. The van der Waals surface area contributed by atoms with E-state index < -0.39 is 0 Å². The minimum Gasteiger partial charge on any atom is -0.0995 e. The minimum atomic E-state index is 0.180. The van der Waals surface area contributed by atoms with Crippen LogP contribution >= 0.6 is 0 Å². The Balaban J connectivity index is 1.76. The molecular weight excluding hydrogens is 324 g/mol. The van der Waals surface area contributed by atoms with Crippen molar-refractivity contribution in [2.45, 2.75) is 58.3 Å². The van der Waals surface area contributed by atoms with Crippen molar-refractivity contribution in [1.82, 2.24) is 0 Å². The molecule has 0 aromatic rings. The molecule has 4 saturated carbocycles. The number of allylic oxidation sites excluding steroid dienone is 1. The number of rotatable bonds is 4. The number of azide groups is 2. The van der Waals surface area contributed by atoms with Gasteiger partial charge in [-0.1, -0.05) is 35.7 Å². The van der Waals surface area contributed by atoms with Gasteiger partial charge in [-0.3, -0.25) is 0 Å². The highest BCUT2D eigenvalue weighted by atomic mass is 15.1. The Hall–Kier alpha value is -1.64. The summed E-state index contributed by atoms with van der Waals surface area (Å²) < 4.78 is 0. The molecule has 4 rings (SSSR count). The zero-order valence-corrected chi connectivity index (χ0v) is 15.8. The zero-order chi connectivity index (χ0) is 18.4. The molecule has 26 heavy (non-hydrogen) atoms. The lowest BCUT2D eigenvalue weighted by molar-refractivity contribution is -0.159. The van der Waals surface area contributed by atoms with Gasteiger partial charge in [0.25, 0.3) is 0 Å². The molecule has 0 aromatic carbocycles. The van der Waals surface area contributed by atoms with Crippen LogP contribution in [-0.2, 0) is 0 Å². The summed E-state index contributed by atoms with van der Waals surface area (Å²) in [5.41, 5.74) is 19.7. The highest BCUT2D eigenvalue weighted by Gasteiger charge is 2.63. The van der Waals surface area contributed by atoms with E-state index in [-0.39, 0.29) is 5.41 Å². The average Bonchev–Trinajstić information content (AvgIpc) is 2.63. The Kier molecular flexibility index (Phi) is 4.45. The minimum absolute atomic E-state index is 0.180. The molecule has 7 unspecified atom stereocenters. The van der Waals surface area contributed by atoms with E-state index in [4.69, 9.17) is 11.1 Å². The van der Waals surface area contributed by atoms with Gasteiger partial charge in [-0.05, 0) is 96.4 Å². The van der Waals surface area contributed by atoms with Crippen molar-refractivity contribution in [2.75, 3.05) is 13.1 Å². The van der Waals surface area contributed by atoms with Crippen LogP contribution in [-0.4, -0.2) is 13.1 Å². The second-order valence-electron chi connectivity index (χ2n) is 9.71. The predicted octanol–water partition coefficient (Wildman–Crippen LogP) is 6.41. The fraction of sp³-hybridized carbons (Fsp3) is 0.900.